The monoisotopic (exact) mass is 339 g/mol. The number of piperidine rings is 1. The average molecular weight is 339 g/mol. The van der Waals surface area contributed by atoms with E-state index in [-0.39, 0.29) is 18.6 Å². The molecule has 0 bridgehead atoms. The number of carbonyl (C=O) groups is 2. The first kappa shape index (κ1) is 19.0. The molecule has 1 aliphatic heterocycles. The van der Waals surface area contributed by atoms with Gasteiger partial charge in [0, 0.05) is 25.7 Å². The van der Waals surface area contributed by atoms with Crippen molar-refractivity contribution in [1.82, 2.24) is 15.1 Å². The molecule has 1 saturated carbocycles. The van der Waals surface area contributed by atoms with Crippen molar-refractivity contribution in [2.24, 2.45) is 11.3 Å². The highest BCUT2D eigenvalue weighted by Crippen LogP contribution is 2.42. The van der Waals surface area contributed by atoms with Gasteiger partial charge in [0.15, 0.2) is 0 Å². The fraction of sp³-hybridized carbons (Fsp3) is 0.889. The van der Waals surface area contributed by atoms with Crippen LogP contribution in [0.3, 0.4) is 0 Å². The molecule has 6 heteroatoms. The largest absolute Gasteiger partial charge is 0.480 e. The highest BCUT2D eigenvalue weighted by atomic mass is 16.4. The van der Waals surface area contributed by atoms with Crippen LogP contribution in [0.4, 0.5) is 4.79 Å². The molecule has 1 atom stereocenters. The molecular formula is C18H33N3O3. The molecule has 2 rings (SSSR count). The number of urea groups is 1. The molecular weight excluding hydrogens is 306 g/mol. The number of hydrogen-bond acceptors (Lipinski definition) is 3. The van der Waals surface area contributed by atoms with Crippen LogP contribution in [-0.2, 0) is 4.79 Å². The summed E-state index contributed by atoms with van der Waals surface area (Å²) in [6, 6.07) is 0.307. The maximum absolute atomic E-state index is 12.4. The SMILES string of the molecule is CCN(CC(=O)O)C1CCN(C(=O)NCC2CCCC2(C)C)CC1. The van der Waals surface area contributed by atoms with Gasteiger partial charge in [-0.2, -0.15) is 0 Å². The summed E-state index contributed by atoms with van der Waals surface area (Å²) in [5.74, 6) is -0.207. The van der Waals surface area contributed by atoms with Crippen LogP contribution < -0.4 is 5.32 Å². The second-order valence-electron chi connectivity index (χ2n) is 7.94. The van der Waals surface area contributed by atoms with Gasteiger partial charge in [0.25, 0.3) is 0 Å². The highest BCUT2D eigenvalue weighted by molar-refractivity contribution is 5.74. The van der Waals surface area contributed by atoms with E-state index < -0.39 is 5.97 Å². The number of nitrogens with zero attached hydrogens (tertiary/aromatic N) is 2. The zero-order valence-electron chi connectivity index (χ0n) is 15.4. The van der Waals surface area contributed by atoms with Gasteiger partial charge in [-0.1, -0.05) is 27.2 Å². The van der Waals surface area contributed by atoms with Crippen molar-refractivity contribution in [2.75, 3.05) is 32.7 Å². The summed E-state index contributed by atoms with van der Waals surface area (Å²) in [6.45, 7) is 9.59. The number of carboxylic acid groups (broad SMARTS) is 1. The molecule has 138 valence electrons. The smallest absolute Gasteiger partial charge is 0.317 e. The van der Waals surface area contributed by atoms with E-state index in [0.717, 1.165) is 25.9 Å². The molecule has 0 aromatic carbocycles. The second-order valence-corrected chi connectivity index (χ2v) is 7.94. The van der Waals surface area contributed by atoms with E-state index in [1.54, 1.807) is 0 Å². The van der Waals surface area contributed by atoms with Gasteiger partial charge < -0.3 is 15.3 Å². The quantitative estimate of drug-likeness (QED) is 0.779. The highest BCUT2D eigenvalue weighted by Gasteiger charge is 2.35. The Kier molecular flexibility index (Phi) is 6.49. The fourth-order valence-corrected chi connectivity index (χ4v) is 4.21. The van der Waals surface area contributed by atoms with E-state index in [2.05, 4.69) is 19.2 Å². The summed E-state index contributed by atoms with van der Waals surface area (Å²) < 4.78 is 0. The van der Waals surface area contributed by atoms with Gasteiger partial charge in [-0.25, -0.2) is 4.79 Å². The standard InChI is InChI=1S/C18H33N3O3/c1-4-20(13-16(22)23)15-7-10-21(11-8-15)17(24)19-12-14-6-5-9-18(14,2)3/h14-15H,4-13H2,1-3H3,(H,19,24)(H,22,23). The molecule has 0 aromatic rings. The van der Waals surface area contributed by atoms with Crippen LogP contribution in [-0.4, -0.2) is 65.7 Å². The van der Waals surface area contributed by atoms with Gasteiger partial charge in [0.05, 0.1) is 6.54 Å². The van der Waals surface area contributed by atoms with Crippen molar-refractivity contribution in [3.63, 3.8) is 0 Å². The number of amides is 2. The minimum absolute atomic E-state index is 0.0393. The number of carbonyl (C=O) groups excluding carboxylic acids is 1. The van der Waals surface area contributed by atoms with Gasteiger partial charge in [-0.3, -0.25) is 9.69 Å². The molecule has 6 nitrogen and oxygen atoms in total. The zero-order chi connectivity index (χ0) is 17.7. The van der Waals surface area contributed by atoms with Gasteiger partial charge >= 0.3 is 12.0 Å². The fourth-order valence-electron chi connectivity index (χ4n) is 4.21. The van der Waals surface area contributed by atoms with Crippen molar-refractivity contribution in [3.8, 4) is 0 Å². The van der Waals surface area contributed by atoms with Crippen LogP contribution in [0.25, 0.3) is 0 Å². The molecule has 2 N–H and O–H groups in total. The number of nitrogens with one attached hydrogen (secondary N) is 1. The predicted molar refractivity (Wildman–Crippen MR) is 94.0 cm³/mol. The third kappa shape index (κ3) is 4.85. The molecule has 0 radical (unpaired) electrons. The molecule has 24 heavy (non-hydrogen) atoms. The number of carboxylic acids is 1. The Labute approximate surface area is 145 Å². The molecule has 0 spiro atoms. The number of likely N-dealkylation sites (N-methyl/N-ethyl adjacent to an activating group) is 1. The van der Waals surface area contributed by atoms with Crippen LogP contribution in [0.1, 0.15) is 52.9 Å². The minimum Gasteiger partial charge on any atom is -0.480 e. The van der Waals surface area contributed by atoms with Crippen LogP contribution in [0.5, 0.6) is 0 Å². The lowest BCUT2D eigenvalue weighted by atomic mass is 9.82. The van der Waals surface area contributed by atoms with Crippen LogP contribution in [0, 0.1) is 11.3 Å². The lowest BCUT2D eigenvalue weighted by molar-refractivity contribution is -0.139. The Morgan fingerprint density at radius 1 is 1.25 bits per heavy atom. The van der Waals surface area contributed by atoms with E-state index in [4.69, 9.17) is 5.11 Å². The van der Waals surface area contributed by atoms with E-state index in [1.165, 1.54) is 19.3 Å². The maximum Gasteiger partial charge on any atom is 0.317 e. The molecule has 1 unspecified atom stereocenters. The lowest BCUT2D eigenvalue weighted by Gasteiger charge is -2.37. The summed E-state index contributed by atoms with van der Waals surface area (Å²) in [5, 5.41) is 12.1. The first-order chi connectivity index (χ1) is 11.3. The second kappa shape index (κ2) is 8.19. The summed E-state index contributed by atoms with van der Waals surface area (Å²) in [7, 11) is 0. The van der Waals surface area contributed by atoms with Crippen molar-refractivity contribution < 1.29 is 14.7 Å². The molecule has 0 aromatic heterocycles. The van der Waals surface area contributed by atoms with Gasteiger partial charge in [0.1, 0.15) is 0 Å². The van der Waals surface area contributed by atoms with E-state index in [0.29, 0.717) is 24.4 Å². The Bertz CT molecular complexity index is 445. The van der Waals surface area contributed by atoms with E-state index >= 15 is 0 Å². The summed E-state index contributed by atoms with van der Waals surface area (Å²) >= 11 is 0. The summed E-state index contributed by atoms with van der Waals surface area (Å²) in [5.41, 5.74) is 0.332. The van der Waals surface area contributed by atoms with Crippen molar-refractivity contribution >= 4 is 12.0 Å². The Morgan fingerprint density at radius 3 is 2.42 bits per heavy atom. The van der Waals surface area contributed by atoms with Gasteiger partial charge in [-0.05, 0) is 43.6 Å². The molecule has 1 saturated heterocycles. The van der Waals surface area contributed by atoms with Crippen molar-refractivity contribution in [1.29, 1.82) is 0 Å². The normalized spacial score (nSPS) is 24.3. The molecule has 1 aliphatic carbocycles. The van der Waals surface area contributed by atoms with E-state index in [9.17, 15) is 9.59 Å². The van der Waals surface area contributed by atoms with Gasteiger partial charge in [-0.15, -0.1) is 0 Å². The average Bonchev–Trinajstić information content (AvgIpc) is 2.88. The molecule has 2 aliphatic rings. The molecule has 1 heterocycles. The van der Waals surface area contributed by atoms with Gasteiger partial charge in [0.2, 0.25) is 0 Å². The Hall–Kier alpha value is -1.30. The molecule has 2 fully saturated rings. The Balaban J connectivity index is 1.75. The number of likely N-dealkylation sites (tertiary alicyclic amines) is 1. The number of hydrogen-bond donors (Lipinski definition) is 2. The predicted octanol–water partition coefficient (Wildman–Crippen LogP) is 2.39. The Morgan fingerprint density at radius 2 is 1.92 bits per heavy atom. The van der Waals surface area contributed by atoms with Crippen LogP contribution in [0.15, 0.2) is 0 Å². The zero-order valence-corrected chi connectivity index (χ0v) is 15.4. The number of rotatable bonds is 6. The third-order valence-electron chi connectivity index (χ3n) is 5.99. The molecule has 2 amide bonds. The first-order valence-electron chi connectivity index (χ1n) is 9.32. The minimum atomic E-state index is -0.781. The van der Waals surface area contributed by atoms with E-state index in [1.807, 2.05) is 16.7 Å². The number of aliphatic carboxylic acids is 1. The lowest BCUT2D eigenvalue weighted by Crippen LogP contribution is -2.51. The van der Waals surface area contributed by atoms with Crippen LogP contribution >= 0.6 is 0 Å². The van der Waals surface area contributed by atoms with Crippen molar-refractivity contribution in [2.45, 2.75) is 58.9 Å². The van der Waals surface area contributed by atoms with Crippen molar-refractivity contribution in [3.05, 3.63) is 0 Å². The topological polar surface area (TPSA) is 72.9 Å². The summed E-state index contributed by atoms with van der Waals surface area (Å²) in [6.07, 6.45) is 5.41. The summed E-state index contributed by atoms with van der Waals surface area (Å²) in [4.78, 5) is 27.2. The first-order valence-corrected chi connectivity index (χ1v) is 9.32. The van der Waals surface area contributed by atoms with Crippen LogP contribution in [0.2, 0.25) is 0 Å². The third-order valence-corrected chi connectivity index (χ3v) is 5.99. The maximum atomic E-state index is 12.4.